The first kappa shape index (κ1) is 43.1. The molecule has 0 saturated carbocycles. The predicted molar refractivity (Wildman–Crippen MR) is 228 cm³/mol. The Morgan fingerprint density at radius 2 is 1.54 bits per heavy atom. The number of thioether (sulfide) groups is 2. The number of para-hydroxylation sites is 2. The van der Waals surface area contributed by atoms with E-state index in [1.54, 1.807) is 57.1 Å². The number of benzene rings is 3. The average Bonchev–Trinajstić information content (AvgIpc) is 3.67. The summed E-state index contributed by atoms with van der Waals surface area (Å²) in [6.07, 6.45) is 1.36. The smallest absolute Gasteiger partial charge is 0.332 e. The number of carboxylic acid groups (broad SMARTS) is 1. The quantitative estimate of drug-likeness (QED) is 0.169. The lowest BCUT2D eigenvalue weighted by atomic mass is 10.1. The molecule has 304 valence electrons. The Hall–Kier alpha value is -4.99. The van der Waals surface area contributed by atoms with Crippen LogP contribution in [-0.4, -0.2) is 111 Å². The number of hydrogen-bond acceptors (Lipinski definition) is 11. The zero-order valence-electron chi connectivity index (χ0n) is 32.9. The molecule has 0 radical (unpaired) electrons. The number of amides is 1. The molecule has 3 aromatic carbocycles. The minimum Gasteiger partial charge on any atom is -0.495 e. The lowest BCUT2D eigenvalue weighted by Crippen LogP contribution is -2.47. The topological polar surface area (TPSA) is 146 Å². The third-order valence-electron chi connectivity index (χ3n) is 10.1. The van der Waals surface area contributed by atoms with E-state index in [-0.39, 0.29) is 27.5 Å². The molecule has 0 aliphatic carbocycles. The van der Waals surface area contributed by atoms with Crippen molar-refractivity contribution in [3.63, 3.8) is 0 Å². The number of carboxylic acids is 1. The fraction of sp³-hybridized carbons (Fsp3) is 0.405. The Bertz CT molecular complexity index is 2070. The minimum absolute atomic E-state index is 0.0354. The molecule has 3 heterocycles. The molecule has 6 rings (SSSR count). The highest BCUT2D eigenvalue weighted by Crippen LogP contribution is 2.34. The molecule has 3 atom stereocenters. The number of anilines is 2. The molecular weight excluding hydrogens is 765 g/mol. The summed E-state index contributed by atoms with van der Waals surface area (Å²) in [5.41, 5.74) is 1.14. The van der Waals surface area contributed by atoms with Crippen molar-refractivity contribution in [2.45, 2.75) is 36.0 Å². The van der Waals surface area contributed by atoms with Crippen LogP contribution in [0.3, 0.4) is 0 Å². The molecule has 57 heavy (non-hydrogen) atoms. The van der Waals surface area contributed by atoms with Crippen LogP contribution in [-0.2, 0) is 23.7 Å². The molecule has 4 aromatic rings. The summed E-state index contributed by atoms with van der Waals surface area (Å²) in [4.78, 5) is 68.0. The second-order valence-corrected chi connectivity index (χ2v) is 16.4. The number of piperazine rings is 1. The number of ether oxygens (including phenoxy) is 1. The third-order valence-corrected chi connectivity index (χ3v) is 12.4. The van der Waals surface area contributed by atoms with Gasteiger partial charge in [-0.15, -0.1) is 11.8 Å². The van der Waals surface area contributed by atoms with E-state index < -0.39 is 17.9 Å². The Labute approximate surface area is 342 Å². The van der Waals surface area contributed by atoms with Gasteiger partial charge in [0.1, 0.15) is 17.6 Å². The van der Waals surface area contributed by atoms with Crippen LogP contribution in [0.5, 0.6) is 5.75 Å². The van der Waals surface area contributed by atoms with Crippen molar-refractivity contribution < 1.29 is 24.2 Å². The first-order valence-electron chi connectivity index (χ1n) is 19.0. The standard InChI is InChI=1S/C22H23NO4S2.C20H29N5O3/c1-15(14-28-22(27)16-8-4-2-5-9-16)20(24)23-13-18(12-19(23)21(25)26)29-17-10-6-3-7-11-17;1-22-18(15-19(26)23(2)20(22)27)21-9-6-10-24-11-13-25(14-12-24)16-7-4-5-8-17(16)28-3/h2-11,15,18-19H,12-14H2,1H3,(H,25,26);4-5,7-8,15,21H,6,9-14H2,1-3H3/t15-,18+,19+;/m1./s1. The van der Waals surface area contributed by atoms with Gasteiger partial charge in [-0.25, -0.2) is 9.59 Å². The summed E-state index contributed by atoms with van der Waals surface area (Å²) in [6.45, 7) is 7.79. The summed E-state index contributed by atoms with van der Waals surface area (Å²) in [5.74, 6) is 0.187. The predicted octanol–water partition coefficient (Wildman–Crippen LogP) is 4.76. The van der Waals surface area contributed by atoms with Crippen LogP contribution in [0.15, 0.2) is 105 Å². The van der Waals surface area contributed by atoms with Gasteiger partial charge in [0.25, 0.3) is 5.56 Å². The number of likely N-dealkylation sites (tertiary alicyclic amines) is 1. The fourth-order valence-electron chi connectivity index (χ4n) is 6.79. The van der Waals surface area contributed by atoms with Gasteiger partial charge in [0.2, 0.25) is 11.0 Å². The first-order chi connectivity index (χ1) is 27.5. The van der Waals surface area contributed by atoms with Crippen molar-refractivity contribution in [1.29, 1.82) is 0 Å². The van der Waals surface area contributed by atoms with Crippen LogP contribution < -0.4 is 26.2 Å². The number of aromatic nitrogens is 2. The van der Waals surface area contributed by atoms with E-state index in [0.29, 0.717) is 36.6 Å². The second-order valence-electron chi connectivity index (χ2n) is 14.0. The Morgan fingerprint density at radius 1 is 0.895 bits per heavy atom. The molecule has 13 nitrogen and oxygen atoms in total. The molecule has 0 bridgehead atoms. The maximum atomic E-state index is 12.9. The molecule has 2 aliphatic rings. The lowest BCUT2D eigenvalue weighted by molar-refractivity contribution is -0.149. The van der Waals surface area contributed by atoms with E-state index in [4.69, 9.17) is 4.74 Å². The van der Waals surface area contributed by atoms with Crippen LogP contribution in [0.25, 0.3) is 0 Å². The van der Waals surface area contributed by atoms with Gasteiger partial charge in [0.15, 0.2) is 0 Å². The van der Waals surface area contributed by atoms with E-state index >= 15 is 0 Å². The van der Waals surface area contributed by atoms with Gasteiger partial charge in [-0.1, -0.05) is 79.3 Å². The van der Waals surface area contributed by atoms with E-state index in [0.717, 1.165) is 71.8 Å². The molecule has 2 N–H and O–H groups in total. The molecule has 2 fully saturated rings. The van der Waals surface area contributed by atoms with Gasteiger partial charge in [-0.3, -0.25) is 28.4 Å². The van der Waals surface area contributed by atoms with E-state index in [1.165, 1.54) is 22.6 Å². The van der Waals surface area contributed by atoms with Crippen LogP contribution >= 0.6 is 23.5 Å². The van der Waals surface area contributed by atoms with Crippen molar-refractivity contribution in [3.05, 3.63) is 117 Å². The Balaban J connectivity index is 0.000000218. The van der Waals surface area contributed by atoms with E-state index in [9.17, 15) is 29.1 Å². The van der Waals surface area contributed by atoms with Gasteiger partial charge in [-0.05, 0) is 43.7 Å². The molecule has 0 spiro atoms. The van der Waals surface area contributed by atoms with Gasteiger partial charge >= 0.3 is 11.7 Å². The number of nitrogens with zero attached hydrogens (tertiary/aromatic N) is 5. The number of carbonyl (C=O) groups excluding carboxylic acids is 2. The first-order valence-corrected chi connectivity index (χ1v) is 20.9. The SMILES string of the molecule is COc1ccccc1N1CCN(CCCNc2cc(=O)n(C)c(=O)n2C)CC1.C[C@H](CSC(=O)c1ccccc1)C(=O)N1C[C@@H](Sc2ccccc2)C[C@H]1C(=O)O. The van der Waals surface area contributed by atoms with Crippen LogP contribution in [0.4, 0.5) is 11.5 Å². The molecule has 1 aromatic heterocycles. The van der Waals surface area contributed by atoms with Gasteiger partial charge in [0, 0.05) is 86.8 Å². The van der Waals surface area contributed by atoms with Gasteiger partial charge in [-0.2, -0.15) is 0 Å². The highest BCUT2D eigenvalue weighted by atomic mass is 32.2. The maximum absolute atomic E-state index is 12.9. The number of aliphatic carboxylic acids is 1. The molecule has 15 heteroatoms. The van der Waals surface area contributed by atoms with Crippen molar-refractivity contribution in [3.8, 4) is 5.75 Å². The van der Waals surface area contributed by atoms with Crippen LogP contribution in [0, 0.1) is 5.92 Å². The highest BCUT2D eigenvalue weighted by Gasteiger charge is 2.41. The number of carbonyl (C=O) groups is 3. The van der Waals surface area contributed by atoms with E-state index in [2.05, 4.69) is 21.2 Å². The normalized spacial score (nSPS) is 17.3. The zero-order chi connectivity index (χ0) is 40.9. The highest BCUT2D eigenvalue weighted by molar-refractivity contribution is 8.14. The Kier molecular flexibility index (Phi) is 15.9. The zero-order valence-corrected chi connectivity index (χ0v) is 34.5. The summed E-state index contributed by atoms with van der Waals surface area (Å²) in [5, 5.41) is 12.8. The van der Waals surface area contributed by atoms with Crippen molar-refractivity contribution in [2.24, 2.45) is 20.0 Å². The van der Waals surface area contributed by atoms with Crippen LogP contribution in [0.1, 0.15) is 30.1 Å². The third kappa shape index (κ3) is 11.8. The van der Waals surface area contributed by atoms with Crippen molar-refractivity contribution in [2.75, 3.05) is 68.9 Å². The Morgan fingerprint density at radius 3 is 2.21 bits per heavy atom. The molecule has 2 saturated heterocycles. The summed E-state index contributed by atoms with van der Waals surface area (Å²) < 4.78 is 8.04. The summed E-state index contributed by atoms with van der Waals surface area (Å²) >= 11 is 2.70. The fourth-order valence-corrected chi connectivity index (χ4v) is 8.85. The average molecular weight is 817 g/mol. The van der Waals surface area contributed by atoms with Gasteiger partial charge in [0.05, 0.1) is 12.8 Å². The summed E-state index contributed by atoms with van der Waals surface area (Å²) in [6, 6.07) is 27.5. The second kappa shape index (κ2) is 21.0. The van der Waals surface area contributed by atoms with Gasteiger partial charge < -0.3 is 25.0 Å². The number of nitrogens with one attached hydrogen (secondary N) is 1. The monoisotopic (exact) mass is 816 g/mol. The maximum Gasteiger partial charge on any atom is 0.332 e. The van der Waals surface area contributed by atoms with Crippen molar-refractivity contribution in [1.82, 2.24) is 18.9 Å². The molecule has 2 aliphatic heterocycles. The number of hydrogen-bond donors (Lipinski definition) is 2. The largest absolute Gasteiger partial charge is 0.495 e. The van der Waals surface area contributed by atoms with Crippen molar-refractivity contribution >= 4 is 52.0 Å². The minimum atomic E-state index is -0.977. The summed E-state index contributed by atoms with van der Waals surface area (Å²) in [7, 11) is 4.86. The lowest BCUT2D eigenvalue weighted by Gasteiger charge is -2.36. The van der Waals surface area contributed by atoms with Crippen LogP contribution in [0.2, 0.25) is 0 Å². The molecule has 0 unspecified atom stereocenters. The number of methoxy groups -OCH3 is 1. The molecular formula is C42H52N6O7S2. The van der Waals surface area contributed by atoms with E-state index in [1.807, 2.05) is 54.6 Å². The molecule has 1 amide bonds. The number of rotatable bonds is 14.